The van der Waals surface area contributed by atoms with E-state index in [0.29, 0.717) is 28.6 Å². The third-order valence-electron chi connectivity index (χ3n) is 5.04. The number of rotatable bonds is 4. The number of benzene rings is 2. The SMILES string of the molecule is COc1cccc(C(=O)Nc2c3c(nn2-c2cccc(C)c2C)C[S@](=O)C3)c1. The number of methoxy groups -OCH3 is 1. The average molecular weight is 395 g/mol. The van der Waals surface area contributed by atoms with Crippen molar-refractivity contribution in [3.8, 4) is 11.4 Å². The number of ether oxygens (including phenoxy) is 1. The summed E-state index contributed by atoms with van der Waals surface area (Å²) in [6.07, 6.45) is 0. The Hall–Kier alpha value is -2.93. The van der Waals surface area contributed by atoms with Gasteiger partial charge in [-0.1, -0.05) is 18.2 Å². The summed E-state index contributed by atoms with van der Waals surface area (Å²) in [5.74, 6) is 1.75. The summed E-state index contributed by atoms with van der Waals surface area (Å²) in [5.41, 5.74) is 5.24. The number of hydrogen-bond acceptors (Lipinski definition) is 4. The number of hydrogen-bond donors (Lipinski definition) is 1. The molecule has 0 saturated carbocycles. The molecule has 0 aliphatic carbocycles. The second-order valence-corrected chi connectivity index (χ2v) is 8.28. The number of fused-ring (bicyclic) bond motifs is 1. The molecule has 2 heterocycles. The Bertz CT molecular complexity index is 1100. The number of amides is 1. The van der Waals surface area contributed by atoms with Gasteiger partial charge in [0.15, 0.2) is 0 Å². The van der Waals surface area contributed by atoms with Gasteiger partial charge in [-0.2, -0.15) is 5.10 Å². The molecule has 1 aliphatic heterocycles. The standard InChI is InChI=1S/C21H21N3O3S/c1-13-6-4-9-19(14(13)2)24-20(17-11-28(26)12-18(17)23-24)22-21(25)15-7-5-8-16(10-15)27-3/h4-10H,11-12H2,1-3H3,(H,22,25)/t28-/m1/s1. The largest absolute Gasteiger partial charge is 0.497 e. The fraction of sp³-hybridized carbons (Fsp3) is 0.238. The maximum atomic E-state index is 12.9. The lowest BCUT2D eigenvalue weighted by Gasteiger charge is -2.14. The van der Waals surface area contributed by atoms with Gasteiger partial charge in [-0.15, -0.1) is 0 Å². The Morgan fingerprint density at radius 2 is 1.96 bits per heavy atom. The first-order valence-corrected chi connectivity index (χ1v) is 10.4. The lowest BCUT2D eigenvalue weighted by Crippen LogP contribution is -2.17. The number of anilines is 1. The van der Waals surface area contributed by atoms with Crippen LogP contribution in [0.5, 0.6) is 5.75 Å². The van der Waals surface area contributed by atoms with Gasteiger partial charge in [0.05, 0.1) is 30.0 Å². The number of nitrogens with one attached hydrogen (secondary N) is 1. The van der Waals surface area contributed by atoms with E-state index < -0.39 is 10.8 Å². The summed E-state index contributed by atoms with van der Waals surface area (Å²) in [4.78, 5) is 12.9. The zero-order chi connectivity index (χ0) is 19.8. The zero-order valence-electron chi connectivity index (χ0n) is 16.0. The van der Waals surface area contributed by atoms with Gasteiger partial charge in [-0.3, -0.25) is 9.00 Å². The number of nitrogens with zero attached hydrogens (tertiary/aromatic N) is 2. The van der Waals surface area contributed by atoms with E-state index in [2.05, 4.69) is 10.4 Å². The van der Waals surface area contributed by atoms with Gasteiger partial charge in [0.25, 0.3) is 5.91 Å². The summed E-state index contributed by atoms with van der Waals surface area (Å²) >= 11 is 0. The minimum Gasteiger partial charge on any atom is -0.497 e. The molecule has 1 aliphatic rings. The average Bonchev–Trinajstić information content (AvgIpc) is 3.21. The van der Waals surface area contributed by atoms with Gasteiger partial charge in [-0.05, 0) is 49.2 Å². The van der Waals surface area contributed by atoms with E-state index in [4.69, 9.17) is 4.74 Å². The number of carbonyl (C=O) groups excluding carboxylic acids is 1. The molecule has 7 heteroatoms. The molecule has 28 heavy (non-hydrogen) atoms. The van der Waals surface area contributed by atoms with Gasteiger partial charge in [0.2, 0.25) is 0 Å². The summed E-state index contributed by atoms with van der Waals surface area (Å²) in [7, 11) is 0.580. The number of carbonyl (C=O) groups is 1. The Morgan fingerprint density at radius 3 is 2.75 bits per heavy atom. The van der Waals surface area contributed by atoms with Crippen molar-refractivity contribution < 1.29 is 13.7 Å². The lowest BCUT2D eigenvalue weighted by molar-refractivity contribution is 0.102. The minimum absolute atomic E-state index is 0.258. The summed E-state index contributed by atoms with van der Waals surface area (Å²) < 4.78 is 19.0. The second-order valence-electron chi connectivity index (χ2n) is 6.82. The van der Waals surface area contributed by atoms with Crippen molar-refractivity contribution in [2.75, 3.05) is 12.4 Å². The topological polar surface area (TPSA) is 73.2 Å². The van der Waals surface area contributed by atoms with Crippen molar-refractivity contribution >= 4 is 22.5 Å². The molecule has 4 rings (SSSR count). The van der Waals surface area contributed by atoms with E-state index in [1.165, 1.54) is 0 Å². The Morgan fingerprint density at radius 1 is 1.18 bits per heavy atom. The maximum absolute atomic E-state index is 12.9. The highest BCUT2D eigenvalue weighted by Gasteiger charge is 2.29. The Kier molecular flexibility index (Phi) is 4.77. The van der Waals surface area contributed by atoms with Crippen LogP contribution in [0, 0.1) is 13.8 Å². The molecule has 0 unspecified atom stereocenters. The maximum Gasteiger partial charge on any atom is 0.256 e. The van der Waals surface area contributed by atoms with Gasteiger partial charge >= 0.3 is 0 Å². The fourth-order valence-electron chi connectivity index (χ4n) is 3.34. The highest BCUT2D eigenvalue weighted by molar-refractivity contribution is 7.83. The molecule has 2 aromatic carbocycles. The number of aromatic nitrogens is 2. The summed E-state index contributed by atoms with van der Waals surface area (Å²) in [6.45, 7) is 4.07. The number of aryl methyl sites for hydroxylation is 1. The zero-order valence-corrected chi connectivity index (χ0v) is 16.8. The van der Waals surface area contributed by atoms with Crippen LogP contribution in [0.2, 0.25) is 0 Å². The van der Waals surface area contributed by atoms with Crippen molar-refractivity contribution in [1.82, 2.24) is 9.78 Å². The van der Waals surface area contributed by atoms with E-state index in [-0.39, 0.29) is 5.91 Å². The van der Waals surface area contributed by atoms with Crippen molar-refractivity contribution in [2.24, 2.45) is 0 Å². The molecular weight excluding hydrogens is 374 g/mol. The molecule has 1 atom stereocenters. The van der Waals surface area contributed by atoms with Crippen molar-refractivity contribution in [2.45, 2.75) is 25.4 Å². The van der Waals surface area contributed by atoms with Gasteiger partial charge in [0, 0.05) is 21.9 Å². The van der Waals surface area contributed by atoms with E-state index >= 15 is 0 Å². The van der Waals surface area contributed by atoms with Crippen LogP contribution in [0.25, 0.3) is 5.69 Å². The molecule has 1 amide bonds. The quantitative estimate of drug-likeness (QED) is 0.734. The van der Waals surface area contributed by atoms with Crippen molar-refractivity contribution in [3.63, 3.8) is 0 Å². The molecule has 6 nitrogen and oxygen atoms in total. The van der Waals surface area contributed by atoms with Crippen LogP contribution < -0.4 is 10.1 Å². The fourth-order valence-corrected chi connectivity index (χ4v) is 4.60. The van der Waals surface area contributed by atoms with Crippen LogP contribution in [0.15, 0.2) is 42.5 Å². The van der Waals surface area contributed by atoms with Crippen LogP contribution in [-0.2, 0) is 22.3 Å². The molecule has 1 aromatic heterocycles. The highest BCUT2D eigenvalue weighted by Crippen LogP contribution is 2.33. The Labute approximate surface area is 166 Å². The first-order valence-electron chi connectivity index (χ1n) is 8.95. The van der Waals surface area contributed by atoms with E-state index in [1.807, 2.05) is 32.0 Å². The molecule has 1 N–H and O–H groups in total. The first-order chi connectivity index (χ1) is 13.5. The first kappa shape index (κ1) is 18.4. The smallest absolute Gasteiger partial charge is 0.256 e. The monoisotopic (exact) mass is 395 g/mol. The van der Waals surface area contributed by atoms with Gasteiger partial charge < -0.3 is 10.1 Å². The van der Waals surface area contributed by atoms with Crippen LogP contribution in [0.1, 0.15) is 32.7 Å². The minimum atomic E-state index is -0.984. The second kappa shape index (κ2) is 7.24. The predicted octanol–water partition coefficient (Wildman–Crippen LogP) is 3.51. The molecule has 0 fully saturated rings. The van der Waals surface area contributed by atoms with Crippen LogP contribution in [-0.4, -0.2) is 27.0 Å². The summed E-state index contributed by atoms with van der Waals surface area (Å²) in [5, 5.41) is 7.67. The molecule has 3 aromatic rings. The third kappa shape index (κ3) is 3.22. The van der Waals surface area contributed by atoms with E-state index in [1.54, 1.807) is 36.1 Å². The van der Waals surface area contributed by atoms with Crippen LogP contribution in [0.4, 0.5) is 5.82 Å². The van der Waals surface area contributed by atoms with Crippen molar-refractivity contribution in [1.29, 1.82) is 0 Å². The molecule has 144 valence electrons. The normalized spacial score (nSPS) is 15.3. The lowest BCUT2D eigenvalue weighted by atomic mass is 10.1. The van der Waals surface area contributed by atoms with Crippen LogP contribution in [0.3, 0.4) is 0 Å². The molecule has 0 radical (unpaired) electrons. The predicted molar refractivity (Wildman–Crippen MR) is 110 cm³/mol. The van der Waals surface area contributed by atoms with E-state index in [9.17, 15) is 9.00 Å². The van der Waals surface area contributed by atoms with E-state index in [0.717, 1.165) is 28.1 Å². The van der Waals surface area contributed by atoms with Gasteiger partial charge in [0.1, 0.15) is 11.6 Å². The van der Waals surface area contributed by atoms with Crippen molar-refractivity contribution in [3.05, 3.63) is 70.4 Å². The summed E-state index contributed by atoms with van der Waals surface area (Å²) in [6, 6.07) is 13.0. The molecule has 0 spiro atoms. The molecule has 0 saturated heterocycles. The molecule has 0 bridgehead atoms. The Balaban J connectivity index is 1.78. The third-order valence-corrected chi connectivity index (χ3v) is 6.24. The van der Waals surface area contributed by atoms with Crippen LogP contribution >= 0.6 is 0 Å². The molecular formula is C21H21N3O3S. The van der Waals surface area contributed by atoms with Gasteiger partial charge in [-0.25, -0.2) is 4.68 Å². The highest BCUT2D eigenvalue weighted by atomic mass is 32.2.